The summed E-state index contributed by atoms with van der Waals surface area (Å²) in [6.45, 7) is 7.81. The third-order valence-corrected chi connectivity index (χ3v) is 3.57. The van der Waals surface area contributed by atoms with Gasteiger partial charge in [-0.1, -0.05) is 20.3 Å². The fourth-order valence-corrected chi connectivity index (χ4v) is 2.76. The molecule has 0 aromatic carbocycles. The molecule has 0 aliphatic heterocycles. The average Bonchev–Trinajstić information content (AvgIpc) is 2.66. The summed E-state index contributed by atoms with van der Waals surface area (Å²) in [6, 6.07) is 0.404. The van der Waals surface area contributed by atoms with Crippen molar-refractivity contribution in [3.8, 4) is 0 Å². The molecule has 1 aliphatic rings. The van der Waals surface area contributed by atoms with Gasteiger partial charge in [0, 0.05) is 19.0 Å². The lowest BCUT2D eigenvalue weighted by Gasteiger charge is -2.32. The number of hydrogen-bond acceptors (Lipinski definition) is 2. The molecule has 2 atom stereocenters. The standard InChI is InChI=1S/C13H26N2O/c1-4-15(13(16)8-10(2)3)12-7-5-6-11(12)9-14/h10-12H,4-9,14H2,1-3H3. The Morgan fingerprint density at radius 1 is 1.44 bits per heavy atom. The molecule has 1 rings (SSSR count). The van der Waals surface area contributed by atoms with Gasteiger partial charge in [0.05, 0.1) is 0 Å². The van der Waals surface area contributed by atoms with Gasteiger partial charge in [0.25, 0.3) is 0 Å². The second kappa shape index (κ2) is 6.24. The predicted octanol–water partition coefficient (Wildman–Crippen LogP) is 2.01. The van der Waals surface area contributed by atoms with E-state index in [0.717, 1.165) is 19.5 Å². The molecule has 1 fully saturated rings. The summed E-state index contributed by atoms with van der Waals surface area (Å²) < 4.78 is 0. The number of carbonyl (C=O) groups is 1. The lowest BCUT2D eigenvalue weighted by atomic mass is 10.0. The monoisotopic (exact) mass is 226 g/mol. The van der Waals surface area contributed by atoms with Crippen LogP contribution in [0.25, 0.3) is 0 Å². The Morgan fingerprint density at radius 3 is 2.62 bits per heavy atom. The number of carbonyl (C=O) groups excluding carboxylic acids is 1. The molecule has 0 heterocycles. The molecule has 94 valence electrons. The molecule has 0 aromatic heterocycles. The molecule has 1 aliphatic carbocycles. The maximum Gasteiger partial charge on any atom is 0.223 e. The van der Waals surface area contributed by atoms with Gasteiger partial charge in [-0.25, -0.2) is 0 Å². The van der Waals surface area contributed by atoms with Crippen molar-refractivity contribution < 1.29 is 4.79 Å². The second-order valence-electron chi connectivity index (χ2n) is 5.27. The highest BCUT2D eigenvalue weighted by molar-refractivity contribution is 5.76. The molecule has 3 heteroatoms. The van der Waals surface area contributed by atoms with Crippen molar-refractivity contribution >= 4 is 5.91 Å². The molecule has 1 amide bonds. The highest BCUT2D eigenvalue weighted by atomic mass is 16.2. The van der Waals surface area contributed by atoms with Gasteiger partial charge in [-0.2, -0.15) is 0 Å². The van der Waals surface area contributed by atoms with Crippen molar-refractivity contribution in [2.75, 3.05) is 13.1 Å². The fourth-order valence-electron chi connectivity index (χ4n) is 2.76. The molecule has 0 aromatic rings. The fraction of sp³-hybridized carbons (Fsp3) is 0.923. The van der Waals surface area contributed by atoms with Crippen LogP contribution in [0.5, 0.6) is 0 Å². The molecule has 0 bridgehead atoms. The minimum Gasteiger partial charge on any atom is -0.340 e. The van der Waals surface area contributed by atoms with Crippen LogP contribution in [-0.4, -0.2) is 29.9 Å². The minimum atomic E-state index is 0.308. The molecule has 2 N–H and O–H groups in total. The van der Waals surface area contributed by atoms with Gasteiger partial charge in [0.2, 0.25) is 5.91 Å². The highest BCUT2D eigenvalue weighted by Crippen LogP contribution is 2.29. The van der Waals surface area contributed by atoms with Crippen LogP contribution < -0.4 is 5.73 Å². The SMILES string of the molecule is CCN(C(=O)CC(C)C)C1CCCC1CN. The van der Waals surface area contributed by atoms with Crippen molar-refractivity contribution in [1.29, 1.82) is 0 Å². The largest absolute Gasteiger partial charge is 0.340 e. The Bertz CT molecular complexity index is 228. The average molecular weight is 226 g/mol. The Kier molecular flexibility index (Phi) is 5.26. The van der Waals surface area contributed by atoms with Crippen LogP contribution in [0.15, 0.2) is 0 Å². The van der Waals surface area contributed by atoms with Crippen molar-refractivity contribution in [3.05, 3.63) is 0 Å². The van der Waals surface area contributed by atoms with Crippen molar-refractivity contribution in [2.45, 2.75) is 52.5 Å². The molecular formula is C13H26N2O. The third kappa shape index (κ3) is 3.21. The van der Waals surface area contributed by atoms with E-state index in [-0.39, 0.29) is 0 Å². The Balaban J connectivity index is 2.62. The first-order chi connectivity index (χ1) is 7.60. The highest BCUT2D eigenvalue weighted by Gasteiger charge is 2.32. The minimum absolute atomic E-state index is 0.308. The van der Waals surface area contributed by atoms with E-state index in [1.807, 2.05) is 0 Å². The second-order valence-corrected chi connectivity index (χ2v) is 5.27. The van der Waals surface area contributed by atoms with Crippen molar-refractivity contribution in [2.24, 2.45) is 17.6 Å². The van der Waals surface area contributed by atoms with Gasteiger partial charge in [-0.05, 0) is 38.1 Å². The van der Waals surface area contributed by atoms with E-state index in [2.05, 4.69) is 25.7 Å². The topological polar surface area (TPSA) is 46.3 Å². The Labute approximate surface area is 99.4 Å². The van der Waals surface area contributed by atoms with Crippen LogP contribution in [-0.2, 0) is 4.79 Å². The molecule has 0 saturated heterocycles. The number of rotatable bonds is 5. The number of nitrogens with zero attached hydrogens (tertiary/aromatic N) is 1. The van der Waals surface area contributed by atoms with Crippen LogP contribution in [0.4, 0.5) is 0 Å². The summed E-state index contributed by atoms with van der Waals surface area (Å²) in [5.74, 6) is 1.28. The maximum atomic E-state index is 12.1. The first-order valence-electron chi connectivity index (χ1n) is 6.59. The van der Waals surface area contributed by atoms with E-state index in [9.17, 15) is 4.79 Å². The van der Waals surface area contributed by atoms with Crippen molar-refractivity contribution in [1.82, 2.24) is 4.90 Å². The third-order valence-electron chi connectivity index (χ3n) is 3.57. The van der Waals surface area contributed by atoms with E-state index in [0.29, 0.717) is 30.2 Å². The van der Waals surface area contributed by atoms with Gasteiger partial charge in [0.15, 0.2) is 0 Å². The molecule has 0 spiro atoms. The Morgan fingerprint density at radius 2 is 2.12 bits per heavy atom. The molecule has 16 heavy (non-hydrogen) atoms. The van der Waals surface area contributed by atoms with Gasteiger partial charge >= 0.3 is 0 Å². The summed E-state index contributed by atoms with van der Waals surface area (Å²) in [5.41, 5.74) is 5.78. The number of nitrogens with two attached hydrogens (primary N) is 1. The van der Waals surface area contributed by atoms with Crippen molar-refractivity contribution in [3.63, 3.8) is 0 Å². The maximum absolute atomic E-state index is 12.1. The summed E-state index contributed by atoms with van der Waals surface area (Å²) in [7, 11) is 0. The Hall–Kier alpha value is -0.570. The van der Waals surface area contributed by atoms with E-state index in [4.69, 9.17) is 5.73 Å². The van der Waals surface area contributed by atoms with Gasteiger partial charge < -0.3 is 10.6 Å². The molecule has 0 radical (unpaired) electrons. The van der Waals surface area contributed by atoms with E-state index in [1.165, 1.54) is 12.8 Å². The van der Waals surface area contributed by atoms with Crippen LogP contribution >= 0.6 is 0 Å². The zero-order valence-corrected chi connectivity index (χ0v) is 10.9. The van der Waals surface area contributed by atoms with Gasteiger partial charge in [-0.15, -0.1) is 0 Å². The van der Waals surface area contributed by atoms with E-state index >= 15 is 0 Å². The van der Waals surface area contributed by atoms with Crippen LogP contribution in [0.1, 0.15) is 46.5 Å². The zero-order chi connectivity index (χ0) is 12.1. The summed E-state index contributed by atoms with van der Waals surface area (Å²) in [5, 5.41) is 0. The summed E-state index contributed by atoms with van der Waals surface area (Å²) >= 11 is 0. The summed E-state index contributed by atoms with van der Waals surface area (Å²) in [4.78, 5) is 14.2. The van der Waals surface area contributed by atoms with Gasteiger partial charge in [0.1, 0.15) is 0 Å². The molecule has 2 unspecified atom stereocenters. The zero-order valence-electron chi connectivity index (χ0n) is 10.9. The number of hydrogen-bond donors (Lipinski definition) is 1. The molecular weight excluding hydrogens is 200 g/mol. The smallest absolute Gasteiger partial charge is 0.223 e. The first-order valence-corrected chi connectivity index (χ1v) is 6.59. The lowest BCUT2D eigenvalue weighted by Crippen LogP contribution is -2.44. The lowest BCUT2D eigenvalue weighted by molar-refractivity contribution is -0.134. The van der Waals surface area contributed by atoms with E-state index < -0.39 is 0 Å². The predicted molar refractivity (Wildman–Crippen MR) is 67.0 cm³/mol. The van der Waals surface area contributed by atoms with Gasteiger partial charge in [-0.3, -0.25) is 4.79 Å². The normalized spacial score (nSPS) is 25.1. The summed E-state index contributed by atoms with van der Waals surface area (Å²) in [6.07, 6.45) is 4.21. The molecule has 1 saturated carbocycles. The first kappa shape index (κ1) is 13.5. The van der Waals surface area contributed by atoms with Crippen LogP contribution in [0.2, 0.25) is 0 Å². The van der Waals surface area contributed by atoms with E-state index in [1.54, 1.807) is 0 Å². The molecule has 3 nitrogen and oxygen atoms in total. The van der Waals surface area contributed by atoms with Crippen LogP contribution in [0.3, 0.4) is 0 Å². The van der Waals surface area contributed by atoms with Crippen LogP contribution in [0, 0.1) is 11.8 Å². The number of amides is 1. The quantitative estimate of drug-likeness (QED) is 0.779.